The van der Waals surface area contributed by atoms with Crippen LogP contribution < -0.4 is 0 Å². The van der Waals surface area contributed by atoms with E-state index in [2.05, 4.69) is 4.98 Å². The van der Waals surface area contributed by atoms with E-state index in [4.69, 9.17) is 13.7 Å². The van der Waals surface area contributed by atoms with Crippen molar-refractivity contribution in [3.63, 3.8) is 0 Å². The Bertz CT molecular complexity index is 757. The molecule has 0 spiro atoms. The Hall–Kier alpha value is -1.80. The Kier molecular flexibility index (Phi) is 7.07. The Morgan fingerprint density at radius 2 is 1.76 bits per heavy atom. The highest BCUT2D eigenvalue weighted by molar-refractivity contribution is 7.86. The van der Waals surface area contributed by atoms with Gasteiger partial charge in [-0.05, 0) is 23.6 Å². The first kappa shape index (κ1) is 19.5. The quantitative estimate of drug-likeness (QED) is 0.386. The van der Waals surface area contributed by atoms with Crippen LogP contribution in [0.5, 0.6) is 0 Å². The van der Waals surface area contributed by atoms with Crippen LogP contribution in [0.15, 0.2) is 42.6 Å². The molecule has 136 valence electrons. The molecule has 2 aromatic rings. The van der Waals surface area contributed by atoms with Gasteiger partial charge in [0, 0.05) is 18.9 Å². The van der Waals surface area contributed by atoms with Gasteiger partial charge in [0.25, 0.3) is 10.1 Å². The van der Waals surface area contributed by atoms with Gasteiger partial charge in [-0.2, -0.15) is 8.42 Å². The smallest absolute Gasteiger partial charge is 0.265 e. The van der Waals surface area contributed by atoms with E-state index in [9.17, 15) is 8.42 Å². The third-order valence-electron chi connectivity index (χ3n) is 3.54. The lowest BCUT2D eigenvalue weighted by Crippen LogP contribution is -2.11. The normalized spacial score (nSPS) is 12.9. The number of nitrogens with zero attached hydrogens (tertiary/aromatic N) is 1. The molecule has 7 heteroatoms. The first-order valence-corrected chi connectivity index (χ1v) is 9.74. The van der Waals surface area contributed by atoms with Crippen LogP contribution in [0.1, 0.15) is 30.7 Å². The van der Waals surface area contributed by atoms with Gasteiger partial charge in [0.15, 0.2) is 0 Å². The maximum atomic E-state index is 11.3. The summed E-state index contributed by atoms with van der Waals surface area (Å²) in [6.45, 7) is 2.61. The van der Waals surface area contributed by atoms with E-state index >= 15 is 0 Å². The zero-order chi connectivity index (χ0) is 18.3. The molecule has 0 aliphatic carbocycles. The van der Waals surface area contributed by atoms with Crippen LogP contribution in [0.4, 0.5) is 0 Å². The molecule has 6 nitrogen and oxygen atoms in total. The summed E-state index contributed by atoms with van der Waals surface area (Å²) in [6.07, 6.45) is 2.72. The average molecular weight is 365 g/mol. The fourth-order valence-corrected chi connectivity index (χ4v) is 3.00. The van der Waals surface area contributed by atoms with Gasteiger partial charge in [0.05, 0.1) is 18.6 Å². The minimum atomic E-state index is -3.52. The van der Waals surface area contributed by atoms with E-state index < -0.39 is 16.2 Å². The lowest BCUT2D eigenvalue weighted by molar-refractivity contribution is -0.0390. The molecule has 1 heterocycles. The summed E-state index contributed by atoms with van der Waals surface area (Å²) >= 11 is 0. The molecule has 0 aliphatic rings. The van der Waals surface area contributed by atoms with Gasteiger partial charge in [-0.25, -0.2) is 0 Å². The van der Waals surface area contributed by atoms with E-state index in [1.165, 1.54) is 0 Å². The molecule has 1 atom stereocenters. The summed E-state index contributed by atoms with van der Waals surface area (Å²) in [5, 5.41) is 0. The second-order valence-corrected chi connectivity index (χ2v) is 7.22. The monoisotopic (exact) mass is 365 g/mol. The molecule has 25 heavy (non-hydrogen) atoms. The predicted molar refractivity (Wildman–Crippen MR) is 95.3 cm³/mol. The van der Waals surface area contributed by atoms with Crippen molar-refractivity contribution in [3.8, 4) is 11.1 Å². The number of hydrogen-bond acceptors (Lipinski definition) is 6. The minimum absolute atomic E-state index is 0.265. The third kappa shape index (κ3) is 6.21. The Morgan fingerprint density at radius 3 is 2.28 bits per heavy atom. The molecule has 0 amide bonds. The van der Waals surface area contributed by atoms with Crippen molar-refractivity contribution < 1.29 is 22.1 Å². The molecule has 0 aliphatic heterocycles. The molecule has 1 unspecified atom stereocenters. The fourth-order valence-electron chi connectivity index (χ4n) is 2.34. The van der Waals surface area contributed by atoms with Gasteiger partial charge in [-0.15, -0.1) is 0 Å². The molecule has 0 N–H and O–H groups in total. The average Bonchev–Trinajstić information content (AvgIpc) is 2.60. The number of methoxy groups -OCH3 is 1. The number of aromatic nitrogens is 1. The van der Waals surface area contributed by atoms with Crippen LogP contribution >= 0.6 is 0 Å². The highest BCUT2D eigenvalue weighted by atomic mass is 32.2. The SMILES string of the molecule is CCC(OS(C)(=O)=O)c1ccc(-c2ccc(COCOC)cc2)cn1. The lowest BCUT2D eigenvalue weighted by Gasteiger charge is -2.14. The summed E-state index contributed by atoms with van der Waals surface area (Å²) in [5.41, 5.74) is 3.62. The molecule has 1 aromatic heterocycles. The molecule has 0 saturated carbocycles. The number of benzene rings is 1. The maximum Gasteiger partial charge on any atom is 0.265 e. The Balaban J connectivity index is 2.08. The van der Waals surface area contributed by atoms with Crippen molar-refractivity contribution in [1.82, 2.24) is 4.98 Å². The Morgan fingerprint density at radius 1 is 1.08 bits per heavy atom. The maximum absolute atomic E-state index is 11.3. The molecule has 1 aromatic carbocycles. The van der Waals surface area contributed by atoms with Crippen LogP contribution in [0.3, 0.4) is 0 Å². The molecular formula is C18H23NO5S. The van der Waals surface area contributed by atoms with Gasteiger partial charge in [-0.1, -0.05) is 37.3 Å². The minimum Gasteiger partial charge on any atom is -0.359 e. The van der Waals surface area contributed by atoms with Crippen LogP contribution in [0, 0.1) is 0 Å². The second kappa shape index (κ2) is 9.05. The van der Waals surface area contributed by atoms with E-state index in [0.717, 1.165) is 22.9 Å². The number of pyridine rings is 1. The van der Waals surface area contributed by atoms with Gasteiger partial charge < -0.3 is 9.47 Å². The van der Waals surface area contributed by atoms with Crippen molar-refractivity contribution in [2.24, 2.45) is 0 Å². The van der Waals surface area contributed by atoms with Gasteiger partial charge in [-0.3, -0.25) is 9.17 Å². The zero-order valence-corrected chi connectivity index (χ0v) is 15.5. The first-order valence-electron chi connectivity index (χ1n) is 7.93. The summed E-state index contributed by atoms with van der Waals surface area (Å²) in [5.74, 6) is 0. The van der Waals surface area contributed by atoms with Crippen molar-refractivity contribution in [2.75, 3.05) is 20.2 Å². The second-order valence-electron chi connectivity index (χ2n) is 5.62. The van der Waals surface area contributed by atoms with Crippen molar-refractivity contribution in [3.05, 3.63) is 53.9 Å². The summed E-state index contributed by atoms with van der Waals surface area (Å²) < 4.78 is 37.9. The zero-order valence-electron chi connectivity index (χ0n) is 14.6. The van der Waals surface area contributed by atoms with Crippen molar-refractivity contribution in [1.29, 1.82) is 0 Å². The van der Waals surface area contributed by atoms with E-state index in [-0.39, 0.29) is 6.79 Å². The van der Waals surface area contributed by atoms with Crippen LogP contribution in [-0.4, -0.2) is 33.6 Å². The van der Waals surface area contributed by atoms with E-state index in [1.807, 2.05) is 37.3 Å². The van der Waals surface area contributed by atoms with Crippen LogP contribution in [0.2, 0.25) is 0 Å². The number of rotatable bonds is 9. The predicted octanol–water partition coefficient (Wildman–Crippen LogP) is 3.30. The summed E-state index contributed by atoms with van der Waals surface area (Å²) in [6, 6.07) is 11.7. The topological polar surface area (TPSA) is 74.7 Å². The highest BCUT2D eigenvalue weighted by Gasteiger charge is 2.17. The molecule has 0 bridgehead atoms. The lowest BCUT2D eigenvalue weighted by atomic mass is 10.0. The van der Waals surface area contributed by atoms with Gasteiger partial charge >= 0.3 is 0 Å². The standard InChI is InChI=1S/C18H23NO5S/c1-4-18(24-25(3,20)21)17-10-9-16(11-19-17)15-7-5-14(6-8-15)12-23-13-22-2/h5-11,18H,4,12-13H2,1-3H3. The number of ether oxygens (including phenoxy) is 2. The summed E-state index contributed by atoms with van der Waals surface area (Å²) in [4.78, 5) is 4.36. The van der Waals surface area contributed by atoms with E-state index in [1.54, 1.807) is 19.4 Å². The molecule has 0 saturated heterocycles. The first-order chi connectivity index (χ1) is 11.9. The Labute approximate surface area is 148 Å². The molecular weight excluding hydrogens is 342 g/mol. The van der Waals surface area contributed by atoms with Crippen molar-refractivity contribution in [2.45, 2.75) is 26.1 Å². The van der Waals surface area contributed by atoms with E-state index in [0.29, 0.717) is 18.7 Å². The van der Waals surface area contributed by atoms with Crippen LogP contribution in [-0.2, 0) is 30.4 Å². The molecule has 0 radical (unpaired) electrons. The van der Waals surface area contributed by atoms with Crippen LogP contribution in [0.25, 0.3) is 11.1 Å². The molecule has 0 fully saturated rings. The van der Waals surface area contributed by atoms with Gasteiger partial charge in [0.1, 0.15) is 12.9 Å². The van der Waals surface area contributed by atoms with Gasteiger partial charge in [0.2, 0.25) is 0 Å². The third-order valence-corrected chi connectivity index (χ3v) is 4.12. The largest absolute Gasteiger partial charge is 0.359 e. The number of hydrogen-bond donors (Lipinski definition) is 0. The summed E-state index contributed by atoms with van der Waals surface area (Å²) in [7, 11) is -1.93. The fraction of sp³-hybridized carbons (Fsp3) is 0.389. The highest BCUT2D eigenvalue weighted by Crippen LogP contribution is 2.24. The van der Waals surface area contributed by atoms with Crippen molar-refractivity contribution >= 4 is 10.1 Å². The molecule has 2 rings (SSSR count).